The SMILES string of the molecule is CCOC(=O)C[C@H](N)/C=C(\Cl)S(=O)(=O)C(C)C. The highest BCUT2D eigenvalue weighted by atomic mass is 35.5. The number of esters is 1. The van der Waals surface area contributed by atoms with E-state index >= 15 is 0 Å². The van der Waals surface area contributed by atoms with Gasteiger partial charge in [-0.25, -0.2) is 8.42 Å². The molecule has 0 amide bonds. The molecule has 0 radical (unpaired) electrons. The maximum Gasteiger partial charge on any atom is 0.307 e. The smallest absolute Gasteiger partial charge is 0.307 e. The zero-order chi connectivity index (χ0) is 13.6. The summed E-state index contributed by atoms with van der Waals surface area (Å²) in [6, 6.07) is -0.768. The van der Waals surface area contributed by atoms with Crippen LogP contribution in [0.15, 0.2) is 10.4 Å². The van der Waals surface area contributed by atoms with E-state index < -0.39 is 27.1 Å². The van der Waals surface area contributed by atoms with Gasteiger partial charge < -0.3 is 10.5 Å². The van der Waals surface area contributed by atoms with Crippen LogP contribution in [-0.2, 0) is 19.4 Å². The molecule has 0 rings (SSSR count). The standard InChI is InChI=1S/C10H18ClNO4S/c1-4-16-10(13)6-8(12)5-9(11)17(14,15)7(2)3/h5,7-8H,4,6,12H2,1-3H3/b9-5+/t8-/m1/s1. The molecule has 0 aromatic carbocycles. The minimum absolute atomic E-state index is 0.0995. The Bertz CT molecular complexity index is 389. The lowest BCUT2D eigenvalue weighted by Crippen LogP contribution is -2.24. The lowest BCUT2D eigenvalue weighted by molar-refractivity contribution is -0.143. The summed E-state index contributed by atoms with van der Waals surface area (Å²) in [7, 11) is -3.53. The molecule has 0 aliphatic heterocycles. The first kappa shape index (κ1) is 16.4. The summed E-state index contributed by atoms with van der Waals surface area (Å²) in [5, 5.41) is -0.624. The topological polar surface area (TPSA) is 86.5 Å². The van der Waals surface area contributed by atoms with Crippen molar-refractivity contribution in [1.82, 2.24) is 0 Å². The van der Waals surface area contributed by atoms with Crippen LogP contribution in [-0.4, -0.2) is 32.3 Å². The van der Waals surface area contributed by atoms with E-state index in [1.165, 1.54) is 13.8 Å². The molecule has 0 aromatic rings. The Balaban J connectivity index is 4.65. The van der Waals surface area contributed by atoms with Crippen LogP contribution in [0, 0.1) is 0 Å². The third-order valence-electron chi connectivity index (χ3n) is 1.95. The molecule has 0 heterocycles. The Hall–Kier alpha value is -0.590. The Morgan fingerprint density at radius 3 is 2.41 bits per heavy atom. The third kappa shape index (κ3) is 5.52. The molecule has 0 fully saturated rings. The van der Waals surface area contributed by atoms with Gasteiger partial charge in [0, 0.05) is 6.04 Å². The van der Waals surface area contributed by atoms with Gasteiger partial charge in [0.25, 0.3) is 0 Å². The van der Waals surface area contributed by atoms with E-state index in [4.69, 9.17) is 17.3 Å². The number of sulfone groups is 1. The lowest BCUT2D eigenvalue weighted by atomic mass is 10.2. The first-order valence-corrected chi connectivity index (χ1v) is 7.16. The van der Waals surface area contributed by atoms with Crippen molar-refractivity contribution in [1.29, 1.82) is 0 Å². The van der Waals surface area contributed by atoms with Gasteiger partial charge in [-0.2, -0.15) is 0 Å². The molecule has 0 saturated heterocycles. The first-order valence-electron chi connectivity index (χ1n) is 5.24. The number of halogens is 1. The van der Waals surface area contributed by atoms with Crippen LogP contribution >= 0.6 is 11.6 Å². The summed E-state index contributed by atoms with van der Waals surface area (Å²) in [6.07, 6.45) is 1.06. The van der Waals surface area contributed by atoms with Gasteiger partial charge in [0.2, 0.25) is 0 Å². The van der Waals surface area contributed by atoms with Crippen molar-refractivity contribution < 1.29 is 17.9 Å². The number of carbonyl (C=O) groups excluding carboxylic acids is 1. The van der Waals surface area contributed by atoms with E-state index in [2.05, 4.69) is 4.74 Å². The second-order valence-electron chi connectivity index (χ2n) is 3.74. The van der Waals surface area contributed by atoms with Gasteiger partial charge in [0.05, 0.1) is 18.3 Å². The van der Waals surface area contributed by atoms with Crippen molar-refractivity contribution in [3.05, 3.63) is 10.4 Å². The minimum atomic E-state index is -3.53. The minimum Gasteiger partial charge on any atom is -0.466 e. The summed E-state index contributed by atoms with van der Waals surface area (Å²) in [4.78, 5) is 11.1. The summed E-state index contributed by atoms with van der Waals surface area (Å²) in [5.41, 5.74) is 5.58. The summed E-state index contributed by atoms with van der Waals surface area (Å²) >= 11 is 5.66. The van der Waals surface area contributed by atoms with Gasteiger partial charge in [0.1, 0.15) is 4.36 Å². The van der Waals surface area contributed by atoms with Crippen LogP contribution in [0.25, 0.3) is 0 Å². The molecule has 5 nitrogen and oxygen atoms in total. The zero-order valence-electron chi connectivity index (χ0n) is 10.1. The summed E-state index contributed by atoms with van der Waals surface area (Å²) in [5.74, 6) is -0.484. The number of ether oxygens (including phenoxy) is 1. The van der Waals surface area contributed by atoms with Crippen molar-refractivity contribution in [2.45, 2.75) is 38.5 Å². The Kier molecular flexibility index (Phi) is 6.74. The van der Waals surface area contributed by atoms with E-state index in [1.807, 2.05) is 0 Å². The van der Waals surface area contributed by atoms with Gasteiger partial charge in [-0.05, 0) is 26.8 Å². The van der Waals surface area contributed by atoms with Crippen molar-refractivity contribution in [2.24, 2.45) is 5.73 Å². The summed E-state index contributed by atoms with van der Waals surface area (Å²) in [6.45, 7) is 4.97. The highest BCUT2D eigenvalue weighted by Gasteiger charge is 2.21. The quantitative estimate of drug-likeness (QED) is 0.740. The number of rotatable bonds is 6. The van der Waals surface area contributed by atoms with Crippen LogP contribution in [0.3, 0.4) is 0 Å². The molecule has 0 saturated carbocycles. The number of hydrogen-bond acceptors (Lipinski definition) is 5. The van der Waals surface area contributed by atoms with Crippen LogP contribution in [0.1, 0.15) is 27.2 Å². The van der Waals surface area contributed by atoms with E-state index in [-0.39, 0.29) is 17.4 Å². The number of carbonyl (C=O) groups is 1. The predicted molar refractivity (Wildman–Crippen MR) is 67.2 cm³/mol. The molecule has 0 bridgehead atoms. The molecule has 2 N–H and O–H groups in total. The molecule has 0 aliphatic carbocycles. The maximum atomic E-state index is 11.6. The second-order valence-corrected chi connectivity index (χ2v) is 6.84. The lowest BCUT2D eigenvalue weighted by Gasteiger charge is -2.09. The van der Waals surface area contributed by atoms with Crippen molar-refractivity contribution in [3.63, 3.8) is 0 Å². The predicted octanol–water partition coefficient (Wildman–Crippen LogP) is 1.17. The fourth-order valence-corrected chi connectivity index (χ4v) is 2.47. The van der Waals surface area contributed by atoms with Crippen LogP contribution in [0.5, 0.6) is 0 Å². The van der Waals surface area contributed by atoms with Crippen molar-refractivity contribution in [2.75, 3.05) is 6.61 Å². The normalized spacial score (nSPS) is 14.8. The van der Waals surface area contributed by atoms with Gasteiger partial charge in [-0.1, -0.05) is 11.6 Å². The number of hydrogen-bond donors (Lipinski definition) is 1. The molecule has 0 unspecified atom stereocenters. The van der Waals surface area contributed by atoms with Crippen LogP contribution in [0.4, 0.5) is 0 Å². The molecule has 0 spiro atoms. The fraction of sp³-hybridized carbons (Fsp3) is 0.700. The average molecular weight is 284 g/mol. The molecular formula is C10H18ClNO4S. The van der Waals surface area contributed by atoms with Gasteiger partial charge in [0.15, 0.2) is 9.84 Å². The molecule has 1 atom stereocenters. The third-order valence-corrected chi connectivity index (χ3v) is 4.64. The molecule has 0 aromatic heterocycles. The van der Waals surface area contributed by atoms with Gasteiger partial charge >= 0.3 is 5.97 Å². The number of nitrogens with two attached hydrogens (primary N) is 1. The second kappa shape index (κ2) is 6.98. The monoisotopic (exact) mass is 283 g/mol. The van der Waals surface area contributed by atoms with Gasteiger partial charge in [-0.3, -0.25) is 4.79 Å². The highest BCUT2D eigenvalue weighted by Crippen LogP contribution is 2.18. The van der Waals surface area contributed by atoms with E-state index in [0.717, 1.165) is 6.08 Å². The Morgan fingerprint density at radius 1 is 1.47 bits per heavy atom. The largest absolute Gasteiger partial charge is 0.466 e. The average Bonchev–Trinajstić information content (AvgIpc) is 2.16. The summed E-state index contributed by atoms with van der Waals surface area (Å²) < 4.78 is 27.6. The van der Waals surface area contributed by atoms with Crippen LogP contribution in [0.2, 0.25) is 0 Å². The molecule has 7 heteroatoms. The van der Waals surface area contributed by atoms with Gasteiger partial charge in [-0.15, -0.1) is 0 Å². The Labute approximate surface area is 107 Å². The van der Waals surface area contributed by atoms with Crippen molar-refractivity contribution >= 4 is 27.4 Å². The molecular weight excluding hydrogens is 266 g/mol. The fourth-order valence-electron chi connectivity index (χ4n) is 0.960. The van der Waals surface area contributed by atoms with E-state index in [0.29, 0.717) is 0 Å². The zero-order valence-corrected chi connectivity index (χ0v) is 11.7. The Morgan fingerprint density at radius 2 is 2.00 bits per heavy atom. The van der Waals surface area contributed by atoms with E-state index in [9.17, 15) is 13.2 Å². The van der Waals surface area contributed by atoms with Crippen molar-refractivity contribution in [3.8, 4) is 0 Å². The molecule has 17 heavy (non-hydrogen) atoms. The van der Waals surface area contributed by atoms with Crippen LogP contribution < -0.4 is 5.73 Å². The first-order chi connectivity index (χ1) is 7.71. The maximum absolute atomic E-state index is 11.6. The molecule has 0 aliphatic rings. The highest BCUT2D eigenvalue weighted by molar-refractivity contribution is 7.97. The molecule has 100 valence electrons. The van der Waals surface area contributed by atoms with E-state index in [1.54, 1.807) is 6.92 Å².